The monoisotopic (exact) mass is 486 g/mol. The van der Waals surface area contributed by atoms with Gasteiger partial charge in [0.05, 0.1) is 10.2 Å². The van der Waals surface area contributed by atoms with Crippen molar-refractivity contribution < 1.29 is 4.79 Å². The molecule has 0 spiro atoms. The molecule has 0 saturated heterocycles. The quantitative estimate of drug-likeness (QED) is 0.380. The number of hydrogen-bond donors (Lipinski definition) is 2. The molecule has 180 valence electrons. The predicted octanol–water partition coefficient (Wildman–Crippen LogP) is 6.53. The molecule has 33 heavy (non-hydrogen) atoms. The van der Waals surface area contributed by atoms with Crippen molar-refractivity contribution in [2.45, 2.75) is 79.4 Å². The van der Waals surface area contributed by atoms with Gasteiger partial charge in [-0.1, -0.05) is 32.9 Å². The average Bonchev–Trinajstić information content (AvgIpc) is 3.39. The fourth-order valence-electron chi connectivity index (χ4n) is 3.92. The summed E-state index contributed by atoms with van der Waals surface area (Å²) in [5.41, 5.74) is 3.54. The number of thiophene rings is 1. The molecule has 0 saturated carbocycles. The third-order valence-corrected chi connectivity index (χ3v) is 8.22. The predicted molar refractivity (Wildman–Crippen MR) is 145 cm³/mol. The van der Waals surface area contributed by atoms with E-state index in [1.54, 1.807) is 22.7 Å². The van der Waals surface area contributed by atoms with E-state index >= 15 is 0 Å². The van der Waals surface area contributed by atoms with Crippen LogP contribution in [0.4, 0.5) is 5.00 Å². The minimum atomic E-state index is 0.0671. The molecule has 0 bridgehead atoms. The zero-order valence-electron chi connectivity index (χ0n) is 20.8. The van der Waals surface area contributed by atoms with Gasteiger partial charge in [-0.3, -0.25) is 9.69 Å². The second kappa shape index (κ2) is 12.1. The lowest BCUT2D eigenvalue weighted by atomic mass is 10.0. The molecule has 2 aromatic heterocycles. The van der Waals surface area contributed by atoms with Crippen LogP contribution < -0.4 is 10.6 Å². The lowest BCUT2D eigenvalue weighted by Crippen LogP contribution is -2.35. The van der Waals surface area contributed by atoms with Crippen molar-refractivity contribution in [2.24, 2.45) is 0 Å². The molecule has 1 amide bonds. The van der Waals surface area contributed by atoms with Crippen LogP contribution in [0.1, 0.15) is 64.8 Å². The van der Waals surface area contributed by atoms with Gasteiger partial charge < -0.3 is 10.6 Å². The zero-order valence-corrected chi connectivity index (χ0v) is 22.5. The van der Waals surface area contributed by atoms with Crippen LogP contribution >= 0.6 is 22.7 Å². The Kier molecular flexibility index (Phi) is 9.44. The lowest BCUT2D eigenvalue weighted by Gasteiger charge is -2.30. The molecular weight excluding hydrogens is 448 g/mol. The minimum absolute atomic E-state index is 0.0671. The Bertz CT molecular complexity index is 1020. The molecule has 3 heterocycles. The highest BCUT2D eigenvalue weighted by molar-refractivity contribution is 7.22. The number of thiazole rings is 1. The Hall–Kier alpha value is -1.80. The number of fused-ring (bicyclic) bond motifs is 2. The molecule has 2 N–H and O–H groups in total. The van der Waals surface area contributed by atoms with Crippen molar-refractivity contribution in [3.63, 3.8) is 0 Å². The van der Waals surface area contributed by atoms with Gasteiger partial charge in [0, 0.05) is 48.6 Å². The highest BCUT2D eigenvalue weighted by atomic mass is 32.1. The number of nitrogens with one attached hydrogen (secondary N) is 2. The molecule has 3 aromatic rings. The number of hydrogen-bond acceptors (Lipinski definition) is 6. The molecule has 0 aliphatic carbocycles. The van der Waals surface area contributed by atoms with Crippen molar-refractivity contribution in [3.8, 4) is 10.6 Å². The second-order valence-corrected chi connectivity index (χ2v) is 10.7. The summed E-state index contributed by atoms with van der Waals surface area (Å²) in [6.45, 7) is 15.5. The third-order valence-electron chi connectivity index (χ3n) is 6.03. The van der Waals surface area contributed by atoms with Gasteiger partial charge in [0.25, 0.3) is 0 Å². The SMILES string of the molecule is CC.CCC(C)NCCC(=O)Nc1sc2c(c1-c1nc3ccccc3s1)CCN(C(C)C)C2. The number of aromatic nitrogens is 1. The van der Waals surface area contributed by atoms with Gasteiger partial charge in [0.15, 0.2) is 0 Å². The number of carbonyl (C=O) groups is 1. The molecule has 0 radical (unpaired) electrons. The van der Waals surface area contributed by atoms with Crippen LogP contribution in [0.3, 0.4) is 0 Å². The number of benzene rings is 1. The van der Waals surface area contributed by atoms with E-state index in [1.807, 2.05) is 19.9 Å². The van der Waals surface area contributed by atoms with E-state index in [2.05, 4.69) is 61.4 Å². The van der Waals surface area contributed by atoms with Crippen LogP contribution in [0, 0.1) is 0 Å². The summed E-state index contributed by atoms with van der Waals surface area (Å²) < 4.78 is 1.19. The topological polar surface area (TPSA) is 57.3 Å². The zero-order chi connectivity index (χ0) is 24.0. The fraction of sp³-hybridized carbons (Fsp3) is 0.538. The number of amides is 1. The van der Waals surface area contributed by atoms with Gasteiger partial charge in [-0.05, 0) is 51.3 Å². The van der Waals surface area contributed by atoms with Gasteiger partial charge in [0.1, 0.15) is 10.0 Å². The molecule has 5 nitrogen and oxygen atoms in total. The Balaban J connectivity index is 0.00000149. The average molecular weight is 487 g/mol. The smallest absolute Gasteiger partial charge is 0.226 e. The first-order valence-corrected chi connectivity index (χ1v) is 13.9. The Morgan fingerprint density at radius 1 is 1.18 bits per heavy atom. The van der Waals surface area contributed by atoms with Gasteiger partial charge in [-0.15, -0.1) is 22.7 Å². The molecule has 1 aromatic carbocycles. The van der Waals surface area contributed by atoms with Crippen LogP contribution in [0.15, 0.2) is 24.3 Å². The van der Waals surface area contributed by atoms with Gasteiger partial charge in [-0.25, -0.2) is 4.98 Å². The summed E-state index contributed by atoms with van der Waals surface area (Å²) in [5.74, 6) is 0.0671. The highest BCUT2D eigenvalue weighted by Crippen LogP contribution is 2.45. The third kappa shape index (κ3) is 6.21. The maximum atomic E-state index is 12.8. The second-order valence-electron chi connectivity index (χ2n) is 8.57. The summed E-state index contributed by atoms with van der Waals surface area (Å²) >= 11 is 3.45. The van der Waals surface area contributed by atoms with Gasteiger partial charge in [0.2, 0.25) is 5.91 Å². The van der Waals surface area contributed by atoms with Crippen molar-refractivity contribution in [1.82, 2.24) is 15.2 Å². The van der Waals surface area contributed by atoms with Crippen LogP contribution in [-0.2, 0) is 17.8 Å². The Morgan fingerprint density at radius 2 is 1.94 bits per heavy atom. The fourth-order valence-corrected chi connectivity index (χ4v) is 6.32. The number of anilines is 1. The van der Waals surface area contributed by atoms with Crippen LogP contribution in [-0.4, -0.2) is 41.0 Å². The summed E-state index contributed by atoms with van der Waals surface area (Å²) in [5, 5.41) is 8.62. The Labute approximate surface area is 206 Å². The summed E-state index contributed by atoms with van der Waals surface area (Å²) in [6, 6.07) is 9.22. The Morgan fingerprint density at radius 3 is 2.64 bits per heavy atom. The van der Waals surface area contributed by atoms with E-state index in [1.165, 1.54) is 15.1 Å². The number of carbonyl (C=O) groups excluding carboxylic acids is 1. The van der Waals surface area contributed by atoms with Crippen LogP contribution in [0.2, 0.25) is 0 Å². The van der Waals surface area contributed by atoms with E-state index in [4.69, 9.17) is 4.98 Å². The molecule has 7 heteroatoms. The standard InChI is InChI=1S/C24H32N4OS2.C2H6/c1-5-16(4)25-12-10-21(29)27-24-22(23-26-18-8-6-7-9-19(18)30-23)17-11-13-28(15(2)3)14-20(17)31-24;1-2/h6-9,15-16,25H,5,10-14H2,1-4H3,(H,27,29);1-2H3. The van der Waals surface area contributed by atoms with Crippen LogP contribution in [0.5, 0.6) is 0 Å². The number of rotatable bonds is 8. The molecule has 1 unspecified atom stereocenters. The van der Waals surface area contributed by atoms with E-state index in [-0.39, 0.29) is 5.91 Å². The maximum Gasteiger partial charge on any atom is 0.226 e. The molecule has 1 aliphatic rings. The molecule has 0 fully saturated rings. The summed E-state index contributed by atoms with van der Waals surface area (Å²) in [4.78, 5) is 21.5. The highest BCUT2D eigenvalue weighted by Gasteiger charge is 2.28. The van der Waals surface area contributed by atoms with E-state index in [9.17, 15) is 4.79 Å². The molecule has 1 atom stereocenters. The lowest BCUT2D eigenvalue weighted by molar-refractivity contribution is -0.116. The van der Waals surface area contributed by atoms with Crippen molar-refractivity contribution in [2.75, 3.05) is 18.4 Å². The normalized spacial score (nSPS) is 14.6. The van der Waals surface area contributed by atoms with Gasteiger partial charge >= 0.3 is 0 Å². The van der Waals surface area contributed by atoms with Crippen molar-refractivity contribution in [3.05, 3.63) is 34.7 Å². The molecule has 1 aliphatic heterocycles. The van der Waals surface area contributed by atoms with E-state index in [0.29, 0.717) is 25.0 Å². The summed E-state index contributed by atoms with van der Waals surface area (Å²) in [7, 11) is 0. The van der Waals surface area contributed by atoms with Gasteiger partial charge in [-0.2, -0.15) is 0 Å². The minimum Gasteiger partial charge on any atom is -0.317 e. The van der Waals surface area contributed by atoms with Crippen molar-refractivity contribution >= 4 is 43.8 Å². The first kappa shape index (κ1) is 25.8. The maximum absolute atomic E-state index is 12.8. The van der Waals surface area contributed by atoms with Crippen LogP contribution in [0.25, 0.3) is 20.8 Å². The van der Waals surface area contributed by atoms with Crippen molar-refractivity contribution in [1.29, 1.82) is 0 Å². The number of nitrogens with zero attached hydrogens (tertiary/aromatic N) is 2. The first-order valence-electron chi connectivity index (χ1n) is 12.2. The van der Waals surface area contributed by atoms with E-state index < -0.39 is 0 Å². The largest absolute Gasteiger partial charge is 0.317 e. The summed E-state index contributed by atoms with van der Waals surface area (Å²) in [6.07, 6.45) is 2.54. The first-order chi connectivity index (χ1) is 16.0. The molecule has 4 rings (SSSR count). The van der Waals surface area contributed by atoms with E-state index in [0.717, 1.165) is 47.0 Å². The molecular formula is C26H38N4OS2. The number of para-hydroxylation sites is 1.